The molecule has 0 aromatic rings. The number of carbonyl (C=O) groups excluding carboxylic acids is 6. The third-order valence-electron chi connectivity index (χ3n) is 17.1. The van der Waals surface area contributed by atoms with Gasteiger partial charge in [-0.05, 0) is 129 Å². The van der Waals surface area contributed by atoms with E-state index in [9.17, 15) is 28.8 Å². The van der Waals surface area contributed by atoms with Crippen molar-refractivity contribution in [3.8, 4) is 0 Å². The van der Waals surface area contributed by atoms with Crippen LogP contribution in [-0.4, -0.2) is 123 Å². The SMILES string of the molecule is CCCCCCCCC(CCCCCCCC)OC(=O)CCCCCCCOC(=O)C(OC(=O)CCN1CCCCC1)C(OC(=O)CCN1CCCCC1)C(=O)OCCCCCCCC(=O)OC(CCCCCCCC)CCCCCCCC. The summed E-state index contributed by atoms with van der Waals surface area (Å²) in [6.07, 6.45) is 43.8. The van der Waals surface area contributed by atoms with Gasteiger partial charge >= 0.3 is 35.8 Å². The van der Waals surface area contributed by atoms with Crippen molar-refractivity contribution in [1.82, 2.24) is 9.80 Å². The minimum Gasteiger partial charge on any atom is -0.463 e. The number of likely N-dealkylation sites (tertiary alicyclic amines) is 2. The first kappa shape index (κ1) is 76.8. The lowest BCUT2D eigenvalue weighted by Crippen LogP contribution is -2.48. The van der Waals surface area contributed by atoms with Gasteiger partial charge < -0.3 is 38.2 Å². The van der Waals surface area contributed by atoms with Crippen molar-refractivity contribution in [1.29, 1.82) is 0 Å². The monoisotopic (exact) mass is 1190 g/mol. The van der Waals surface area contributed by atoms with Crippen LogP contribution in [0.25, 0.3) is 0 Å². The third kappa shape index (κ3) is 43.4. The summed E-state index contributed by atoms with van der Waals surface area (Å²) in [5.41, 5.74) is 0. The summed E-state index contributed by atoms with van der Waals surface area (Å²) in [7, 11) is 0. The molecule has 0 aromatic heterocycles. The smallest absolute Gasteiger partial charge is 0.352 e. The van der Waals surface area contributed by atoms with E-state index < -0.39 is 36.1 Å². The molecule has 2 saturated heterocycles. The molecular formula is C70H128N2O12. The van der Waals surface area contributed by atoms with E-state index in [0.717, 1.165) is 167 Å². The van der Waals surface area contributed by atoms with Gasteiger partial charge in [-0.25, -0.2) is 9.59 Å². The maximum absolute atomic E-state index is 14.0. The Balaban J connectivity index is 1.98. The predicted octanol–water partition coefficient (Wildman–Crippen LogP) is 17.2. The lowest BCUT2D eigenvalue weighted by atomic mass is 10.0. The molecule has 0 spiro atoms. The Hall–Kier alpha value is -3.26. The second-order valence-corrected chi connectivity index (χ2v) is 24.9. The van der Waals surface area contributed by atoms with E-state index >= 15 is 0 Å². The van der Waals surface area contributed by atoms with Crippen molar-refractivity contribution in [3.63, 3.8) is 0 Å². The molecule has 0 bridgehead atoms. The number of ether oxygens (including phenoxy) is 6. The van der Waals surface area contributed by atoms with Crippen LogP contribution in [0, 0.1) is 0 Å². The molecule has 2 aliphatic rings. The van der Waals surface area contributed by atoms with Gasteiger partial charge in [0, 0.05) is 25.9 Å². The molecule has 2 fully saturated rings. The van der Waals surface area contributed by atoms with Gasteiger partial charge in [-0.15, -0.1) is 0 Å². The molecule has 0 amide bonds. The van der Waals surface area contributed by atoms with Crippen LogP contribution in [0.3, 0.4) is 0 Å². The van der Waals surface area contributed by atoms with Gasteiger partial charge in [0.15, 0.2) is 0 Å². The first-order valence-electron chi connectivity index (χ1n) is 35.7. The Morgan fingerprint density at radius 1 is 0.298 bits per heavy atom. The highest BCUT2D eigenvalue weighted by molar-refractivity contribution is 5.89. The molecule has 0 aliphatic carbocycles. The van der Waals surface area contributed by atoms with Crippen molar-refractivity contribution in [3.05, 3.63) is 0 Å². The minimum absolute atomic E-state index is 0.00239. The van der Waals surface area contributed by atoms with Crippen molar-refractivity contribution in [2.45, 2.75) is 360 Å². The lowest BCUT2D eigenvalue weighted by molar-refractivity contribution is -0.192. The zero-order chi connectivity index (χ0) is 60.8. The maximum atomic E-state index is 14.0. The molecule has 0 aromatic carbocycles. The molecule has 2 rings (SSSR count). The fourth-order valence-electron chi connectivity index (χ4n) is 11.7. The summed E-state index contributed by atoms with van der Waals surface area (Å²) in [6, 6.07) is 0. The van der Waals surface area contributed by atoms with Crippen LogP contribution in [0.2, 0.25) is 0 Å². The van der Waals surface area contributed by atoms with Gasteiger partial charge in [0.2, 0.25) is 12.2 Å². The molecule has 2 aliphatic heterocycles. The molecule has 2 unspecified atom stereocenters. The normalized spacial score (nSPS) is 14.8. The Morgan fingerprint density at radius 2 is 0.560 bits per heavy atom. The number of piperidine rings is 2. The number of esters is 6. The van der Waals surface area contributed by atoms with E-state index in [0.29, 0.717) is 38.8 Å². The Morgan fingerprint density at radius 3 is 0.869 bits per heavy atom. The average molecular weight is 1190 g/mol. The zero-order valence-electron chi connectivity index (χ0n) is 54.7. The molecule has 0 N–H and O–H groups in total. The fraction of sp³-hybridized carbons (Fsp3) is 0.914. The quantitative estimate of drug-likeness (QED) is 0.0321. The number of rotatable bonds is 57. The summed E-state index contributed by atoms with van der Waals surface area (Å²) in [5.74, 6) is -3.52. The van der Waals surface area contributed by atoms with Crippen LogP contribution in [0.1, 0.15) is 336 Å². The number of hydrogen-bond donors (Lipinski definition) is 0. The largest absolute Gasteiger partial charge is 0.463 e. The topological polar surface area (TPSA) is 164 Å². The molecule has 490 valence electrons. The molecule has 84 heavy (non-hydrogen) atoms. The van der Waals surface area contributed by atoms with Gasteiger partial charge in [0.25, 0.3) is 0 Å². The second kappa shape index (κ2) is 55.1. The Labute approximate surface area is 513 Å². The van der Waals surface area contributed by atoms with E-state index in [2.05, 4.69) is 37.5 Å². The van der Waals surface area contributed by atoms with Crippen molar-refractivity contribution >= 4 is 35.8 Å². The minimum atomic E-state index is -1.84. The average Bonchev–Trinajstić information content (AvgIpc) is 3.52. The first-order valence-corrected chi connectivity index (χ1v) is 35.7. The number of nitrogens with zero attached hydrogens (tertiary/aromatic N) is 2. The van der Waals surface area contributed by atoms with Crippen LogP contribution in [0.15, 0.2) is 0 Å². The molecule has 0 saturated carbocycles. The standard InChI is InChI=1S/C70H128N2O12/c1-5-9-13-17-23-33-45-61(46-34-24-18-14-10-6-2)81-63(73)49-37-27-21-29-43-59-79-69(77)67(83-65(75)51-57-71-53-39-31-40-54-71)68(84-66(76)52-58-72-55-41-32-42-56-72)70(78)80-60-44-30-22-28-38-50-64(74)82-62(47-35-25-19-15-11-7-3)48-36-26-20-16-12-8-4/h61-62,67-68H,5-60H2,1-4H3. The number of carbonyl (C=O) groups is 6. The number of unbranched alkanes of at least 4 members (excludes halogenated alkanes) is 28. The Bertz CT molecular complexity index is 1470. The summed E-state index contributed by atoms with van der Waals surface area (Å²) >= 11 is 0. The molecular weight excluding hydrogens is 1060 g/mol. The van der Waals surface area contributed by atoms with Crippen molar-refractivity contribution < 1.29 is 57.2 Å². The summed E-state index contributed by atoms with van der Waals surface area (Å²) < 4.78 is 35.2. The van der Waals surface area contributed by atoms with E-state index in [4.69, 9.17) is 28.4 Å². The third-order valence-corrected chi connectivity index (χ3v) is 17.1. The van der Waals surface area contributed by atoms with Crippen LogP contribution in [-0.2, 0) is 57.2 Å². The Kier molecular flexibility index (Phi) is 50.4. The molecule has 14 heteroatoms. The lowest BCUT2D eigenvalue weighted by Gasteiger charge is -2.28. The fourth-order valence-corrected chi connectivity index (χ4v) is 11.7. The van der Waals surface area contributed by atoms with Crippen LogP contribution in [0.4, 0.5) is 0 Å². The highest BCUT2D eigenvalue weighted by Gasteiger charge is 2.43. The number of hydrogen-bond acceptors (Lipinski definition) is 14. The highest BCUT2D eigenvalue weighted by Crippen LogP contribution is 2.22. The van der Waals surface area contributed by atoms with Gasteiger partial charge in [-0.2, -0.15) is 0 Å². The van der Waals surface area contributed by atoms with Gasteiger partial charge in [-0.3, -0.25) is 19.2 Å². The maximum Gasteiger partial charge on any atom is 0.352 e. The van der Waals surface area contributed by atoms with E-state index in [1.807, 2.05) is 0 Å². The van der Waals surface area contributed by atoms with Crippen molar-refractivity contribution in [2.24, 2.45) is 0 Å². The van der Waals surface area contributed by atoms with E-state index in [1.165, 1.54) is 128 Å². The van der Waals surface area contributed by atoms with E-state index in [-0.39, 0.29) is 50.2 Å². The molecule has 14 nitrogen and oxygen atoms in total. The van der Waals surface area contributed by atoms with Gasteiger partial charge in [0.1, 0.15) is 12.2 Å². The van der Waals surface area contributed by atoms with E-state index in [1.54, 1.807) is 0 Å². The summed E-state index contributed by atoms with van der Waals surface area (Å²) in [6.45, 7) is 13.3. The first-order chi connectivity index (χ1) is 41.1. The molecule has 0 radical (unpaired) electrons. The van der Waals surface area contributed by atoms with Crippen LogP contribution in [0.5, 0.6) is 0 Å². The highest BCUT2D eigenvalue weighted by atomic mass is 16.6. The van der Waals surface area contributed by atoms with Gasteiger partial charge in [0.05, 0.1) is 26.1 Å². The molecule has 2 atom stereocenters. The van der Waals surface area contributed by atoms with Gasteiger partial charge in [-0.1, -0.05) is 207 Å². The summed E-state index contributed by atoms with van der Waals surface area (Å²) in [5, 5.41) is 0. The van der Waals surface area contributed by atoms with Crippen LogP contribution < -0.4 is 0 Å². The van der Waals surface area contributed by atoms with Crippen LogP contribution >= 0.6 is 0 Å². The second-order valence-electron chi connectivity index (χ2n) is 24.9. The predicted molar refractivity (Wildman–Crippen MR) is 339 cm³/mol. The summed E-state index contributed by atoms with van der Waals surface area (Å²) in [4.78, 5) is 85.5. The molecule has 2 heterocycles. The van der Waals surface area contributed by atoms with Crippen molar-refractivity contribution in [2.75, 3.05) is 52.5 Å². The zero-order valence-corrected chi connectivity index (χ0v) is 54.7.